The summed E-state index contributed by atoms with van der Waals surface area (Å²) in [5.74, 6) is 1.90. The SMILES string of the molecule is Cc1oc(-c2ccc(Cl)cc2)nc1CS(=O)CC(=O)NCCCN1CCC(C)CC1. The molecule has 0 spiro atoms. The summed E-state index contributed by atoms with van der Waals surface area (Å²) >= 11 is 5.91. The first-order valence-corrected chi connectivity index (χ1v) is 12.3. The van der Waals surface area contributed by atoms with Crippen LogP contribution in [-0.4, -0.2) is 51.9 Å². The second kappa shape index (κ2) is 11.1. The Labute approximate surface area is 185 Å². The van der Waals surface area contributed by atoms with Crippen molar-refractivity contribution in [3.05, 3.63) is 40.7 Å². The van der Waals surface area contributed by atoms with Gasteiger partial charge in [0.25, 0.3) is 0 Å². The first-order valence-electron chi connectivity index (χ1n) is 10.5. The molecule has 0 bridgehead atoms. The van der Waals surface area contributed by atoms with Crippen molar-refractivity contribution in [2.75, 3.05) is 31.9 Å². The lowest BCUT2D eigenvalue weighted by Gasteiger charge is -2.30. The molecule has 1 fully saturated rings. The highest BCUT2D eigenvalue weighted by Crippen LogP contribution is 2.24. The number of hydrogen-bond donors (Lipinski definition) is 1. The fraction of sp³-hybridized carbons (Fsp3) is 0.545. The average molecular weight is 452 g/mol. The van der Waals surface area contributed by atoms with Crippen LogP contribution in [0, 0.1) is 12.8 Å². The van der Waals surface area contributed by atoms with Crippen molar-refractivity contribution in [2.45, 2.75) is 38.9 Å². The summed E-state index contributed by atoms with van der Waals surface area (Å²) in [6, 6.07) is 7.19. The Kier molecular flexibility index (Phi) is 8.48. The van der Waals surface area contributed by atoms with Gasteiger partial charge in [-0.3, -0.25) is 9.00 Å². The Bertz CT molecular complexity index is 861. The van der Waals surface area contributed by atoms with Gasteiger partial charge in [-0.1, -0.05) is 18.5 Å². The summed E-state index contributed by atoms with van der Waals surface area (Å²) < 4.78 is 18.1. The molecule has 2 heterocycles. The molecular formula is C22H30ClN3O3S. The van der Waals surface area contributed by atoms with Crippen LogP contribution >= 0.6 is 11.6 Å². The third-order valence-corrected chi connectivity index (χ3v) is 6.85. The van der Waals surface area contributed by atoms with E-state index in [2.05, 4.69) is 22.1 Å². The molecule has 8 heteroatoms. The van der Waals surface area contributed by atoms with Gasteiger partial charge in [0.15, 0.2) is 0 Å². The van der Waals surface area contributed by atoms with Gasteiger partial charge in [0, 0.05) is 27.9 Å². The number of carbonyl (C=O) groups excluding carboxylic acids is 1. The number of benzene rings is 1. The lowest BCUT2D eigenvalue weighted by atomic mass is 9.99. The lowest BCUT2D eigenvalue weighted by Crippen LogP contribution is -2.36. The number of oxazole rings is 1. The van der Waals surface area contributed by atoms with Gasteiger partial charge in [-0.2, -0.15) is 0 Å². The number of likely N-dealkylation sites (tertiary alicyclic amines) is 1. The van der Waals surface area contributed by atoms with E-state index in [1.54, 1.807) is 19.1 Å². The van der Waals surface area contributed by atoms with Crippen molar-refractivity contribution in [1.29, 1.82) is 0 Å². The van der Waals surface area contributed by atoms with Crippen molar-refractivity contribution in [3.63, 3.8) is 0 Å². The smallest absolute Gasteiger partial charge is 0.232 e. The number of rotatable bonds is 9. The quantitative estimate of drug-likeness (QED) is 0.587. The average Bonchev–Trinajstić information content (AvgIpc) is 3.07. The standard InChI is InChI=1S/C22H30ClN3O3S/c1-16-8-12-26(13-9-16)11-3-10-24-21(27)15-30(28)14-20-17(2)29-22(25-20)18-4-6-19(23)7-5-18/h4-7,16H,3,8-15H2,1-2H3,(H,24,27). The summed E-state index contributed by atoms with van der Waals surface area (Å²) in [5, 5.41) is 3.52. The van der Waals surface area contributed by atoms with Gasteiger partial charge in [0.2, 0.25) is 11.8 Å². The zero-order valence-electron chi connectivity index (χ0n) is 17.7. The predicted octanol–water partition coefficient (Wildman–Crippen LogP) is 3.79. The maximum atomic E-state index is 12.4. The van der Waals surface area contributed by atoms with Crippen LogP contribution in [0.25, 0.3) is 11.5 Å². The highest BCUT2D eigenvalue weighted by atomic mass is 35.5. The minimum Gasteiger partial charge on any atom is -0.441 e. The minimum atomic E-state index is -1.34. The highest BCUT2D eigenvalue weighted by molar-refractivity contribution is 7.84. The van der Waals surface area contributed by atoms with E-state index in [0.29, 0.717) is 28.9 Å². The molecular weight excluding hydrogens is 422 g/mol. The maximum absolute atomic E-state index is 12.4. The fourth-order valence-corrected chi connectivity index (χ4v) is 4.69. The van der Waals surface area contributed by atoms with Crippen LogP contribution in [0.4, 0.5) is 0 Å². The Hall–Kier alpha value is -1.70. The second-order valence-corrected chi connectivity index (χ2v) is 9.88. The molecule has 0 aliphatic carbocycles. The molecule has 2 aromatic rings. The second-order valence-electron chi connectivity index (χ2n) is 7.98. The largest absolute Gasteiger partial charge is 0.441 e. The third-order valence-electron chi connectivity index (χ3n) is 5.42. The van der Waals surface area contributed by atoms with Gasteiger partial charge in [-0.15, -0.1) is 0 Å². The lowest BCUT2D eigenvalue weighted by molar-refractivity contribution is -0.118. The van der Waals surface area contributed by atoms with Crippen LogP contribution in [0.5, 0.6) is 0 Å². The van der Waals surface area contributed by atoms with Gasteiger partial charge in [0.05, 0.1) is 11.4 Å². The fourth-order valence-electron chi connectivity index (χ4n) is 3.49. The van der Waals surface area contributed by atoms with Gasteiger partial charge >= 0.3 is 0 Å². The molecule has 1 aromatic heterocycles. The Morgan fingerprint density at radius 1 is 1.30 bits per heavy atom. The molecule has 1 atom stereocenters. The van der Waals surface area contributed by atoms with Crippen molar-refractivity contribution in [2.24, 2.45) is 5.92 Å². The van der Waals surface area contributed by atoms with Crippen molar-refractivity contribution < 1.29 is 13.4 Å². The summed E-state index contributed by atoms with van der Waals surface area (Å²) in [7, 11) is -1.34. The van der Waals surface area contributed by atoms with Crippen LogP contribution < -0.4 is 5.32 Å². The molecule has 1 saturated heterocycles. The molecule has 0 radical (unpaired) electrons. The zero-order valence-corrected chi connectivity index (χ0v) is 19.2. The van der Waals surface area contributed by atoms with Crippen molar-refractivity contribution >= 4 is 28.3 Å². The summed E-state index contributed by atoms with van der Waals surface area (Å²) in [4.78, 5) is 19.0. The molecule has 30 heavy (non-hydrogen) atoms. The number of aryl methyl sites for hydroxylation is 1. The first kappa shape index (κ1) is 23.0. The van der Waals surface area contributed by atoms with Crippen LogP contribution in [0.3, 0.4) is 0 Å². The maximum Gasteiger partial charge on any atom is 0.232 e. The number of amides is 1. The molecule has 1 amide bonds. The third kappa shape index (κ3) is 6.93. The van der Waals surface area contributed by atoms with Gasteiger partial charge in [0.1, 0.15) is 11.5 Å². The molecule has 1 aromatic carbocycles. The van der Waals surface area contributed by atoms with Crippen molar-refractivity contribution in [3.8, 4) is 11.5 Å². The van der Waals surface area contributed by atoms with E-state index in [9.17, 15) is 9.00 Å². The van der Waals surface area contributed by atoms with E-state index in [1.165, 1.54) is 12.8 Å². The molecule has 164 valence electrons. The van der Waals surface area contributed by atoms with Crippen molar-refractivity contribution in [1.82, 2.24) is 15.2 Å². The Morgan fingerprint density at radius 2 is 2.00 bits per heavy atom. The van der Waals surface area contributed by atoms with Gasteiger partial charge < -0.3 is 14.6 Å². The summed E-state index contributed by atoms with van der Waals surface area (Å²) in [5.41, 5.74) is 1.42. The van der Waals surface area contributed by atoms with Crippen LogP contribution in [0.2, 0.25) is 5.02 Å². The number of nitrogens with one attached hydrogen (secondary N) is 1. The number of aromatic nitrogens is 1. The molecule has 0 saturated carbocycles. The van der Waals surface area contributed by atoms with Crippen LogP contribution in [0.1, 0.15) is 37.6 Å². The van der Waals surface area contributed by atoms with E-state index in [1.807, 2.05) is 12.1 Å². The monoisotopic (exact) mass is 451 g/mol. The van der Waals surface area contributed by atoms with Crippen LogP contribution in [-0.2, 0) is 21.3 Å². The Morgan fingerprint density at radius 3 is 2.70 bits per heavy atom. The molecule has 1 unspecified atom stereocenters. The first-order chi connectivity index (χ1) is 14.4. The van der Waals surface area contributed by atoms with Crippen LogP contribution in [0.15, 0.2) is 28.7 Å². The van der Waals surface area contributed by atoms with E-state index >= 15 is 0 Å². The molecule has 1 N–H and O–H groups in total. The van der Waals surface area contributed by atoms with E-state index in [4.69, 9.17) is 16.0 Å². The number of nitrogens with zero attached hydrogens (tertiary/aromatic N) is 2. The summed E-state index contributed by atoms with van der Waals surface area (Å²) in [6.07, 6.45) is 3.43. The van der Waals surface area contributed by atoms with E-state index in [-0.39, 0.29) is 17.4 Å². The van der Waals surface area contributed by atoms with E-state index < -0.39 is 10.8 Å². The minimum absolute atomic E-state index is 0.0240. The molecule has 3 rings (SSSR count). The van der Waals surface area contributed by atoms with E-state index in [0.717, 1.165) is 37.5 Å². The van der Waals surface area contributed by atoms with Gasteiger partial charge in [-0.05, 0) is 76.0 Å². The number of piperidine rings is 1. The number of halogens is 1. The van der Waals surface area contributed by atoms with Gasteiger partial charge in [-0.25, -0.2) is 4.98 Å². The molecule has 6 nitrogen and oxygen atoms in total. The highest BCUT2D eigenvalue weighted by Gasteiger charge is 2.17. The normalized spacial score (nSPS) is 16.5. The molecule has 1 aliphatic heterocycles. The Balaban J connectivity index is 1.39. The predicted molar refractivity (Wildman–Crippen MR) is 121 cm³/mol. The number of hydrogen-bond acceptors (Lipinski definition) is 5. The summed E-state index contributed by atoms with van der Waals surface area (Å²) in [6.45, 7) is 8.01. The topological polar surface area (TPSA) is 75.4 Å². The zero-order chi connectivity index (χ0) is 21.5. The molecule has 1 aliphatic rings. The number of carbonyl (C=O) groups is 1.